The van der Waals surface area contributed by atoms with E-state index in [0.29, 0.717) is 36.4 Å². The van der Waals surface area contributed by atoms with E-state index in [1.165, 1.54) is 18.0 Å². The summed E-state index contributed by atoms with van der Waals surface area (Å²) in [5.74, 6) is 0.110. The maximum atomic E-state index is 12.8. The van der Waals surface area contributed by atoms with E-state index in [1.807, 2.05) is 0 Å². The predicted molar refractivity (Wildman–Crippen MR) is 98.2 cm³/mol. The summed E-state index contributed by atoms with van der Waals surface area (Å²) >= 11 is 5.97. The number of hydrogen-bond donors (Lipinski definition) is 0. The minimum Gasteiger partial charge on any atom is -0.481 e. The van der Waals surface area contributed by atoms with Gasteiger partial charge in [0.2, 0.25) is 11.5 Å². The molecule has 0 radical (unpaired) electrons. The number of methoxy groups -OCH3 is 1. The van der Waals surface area contributed by atoms with Gasteiger partial charge in [0.1, 0.15) is 23.4 Å². The van der Waals surface area contributed by atoms with Crippen LogP contribution in [0, 0.1) is 0 Å². The third kappa shape index (κ3) is 3.82. The van der Waals surface area contributed by atoms with Gasteiger partial charge in [-0.3, -0.25) is 4.79 Å². The van der Waals surface area contributed by atoms with Crippen LogP contribution in [0.25, 0.3) is 11.2 Å². The fourth-order valence-electron chi connectivity index (χ4n) is 2.87. The largest absolute Gasteiger partial charge is 0.481 e. The number of carbonyl (C=O) groups excluding carboxylic acids is 1. The van der Waals surface area contributed by atoms with Crippen LogP contribution in [-0.2, 0) is 4.74 Å². The van der Waals surface area contributed by atoms with E-state index in [0.717, 1.165) is 0 Å². The first-order valence-electron chi connectivity index (χ1n) is 8.56. The van der Waals surface area contributed by atoms with E-state index in [-0.39, 0.29) is 29.7 Å². The number of halogens is 1. The molecule has 10 nitrogen and oxygen atoms in total. The zero-order valence-electron chi connectivity index (χ0n) is 15.0. The molecule has 1 amide bonds. The second kappa shape index (κ2) is 7.95. The van der Waals surface area contributed by atoms with Crippen molar-refractivity contribution in [2.45, 2.75) is 6.10 Å². The van der Waals surface area contributed by atoms with Gasteiger partial charge in [0.25, 0.3) is 5.91 Å². The van der Waals surface area contributed by atoms with Gasteiger partial charge in [0, 0.05) is 24.4 Å². The Balaban J connectivity index is 1.41. The lowest BCUT2D eigenvalue weighted by atomic mass is 10.2. The van der Waals surface area contributed by atoms with Crippen molar-refractivity contribution in [3.63, 3.8) is 0 Å². The predicted octanol–water partition coefficient (Wildman–Crippen LogP) is 0.853. The van der Waals surface area contributed by atoms with Crippen LogP contribution < -0.4 is 9.57 Å². The van der Waals surface area contributed by atoms with Gasteiger partial charge in [0.15, 0.2) is 0 Å². The number of nitrogens with zero attached hydrogens (tertiary/aromatic N) is 6. The molecule has 0 spiro atoms. The first-order chi connectivity index (χ1) is 13.6. The number of hydrogen-bond acceptors (Lipinski definition) is 8. The minimum atomic E-state index is -0.320. The third-order valence-electron chi connectivity index (χ3n) is 4.22. The van der Waals surface area contributed by atoms with E-state index in [9.17, 15) is 4.79 Å². The standard InChI is InChI=1S/C17H17ClN6O4/c1-26-15-8-11(7-14(18)20-15)17(25)23-5-6-27-12(9-23)10-28-24-16-13(21-22-24)3-2-4-19-16/h2-4,7-8,12H,5-6,9-10H2,1H3. The van der Waals surface area contributed by atoms with Crippen molar-refractivity contribution >= 4 is 28.7 Å². The molecule has 0 saturated carbocycles. The second-order valence-electron chi connectivity index (χ2n) is 6.07. The molecule has 1 aliphatic heterocycles. The molecule has 1 unspecified atom stereocenters. The summed E-state index contributed by atoms with van der Waals surface area (Å²) in [5, 5.41) is 8.10. The fourth-order valence-corrected chi connectivity index (χ4v) is 3.07. The highest BCUT2D eigenvalue weighted by atomic mass is 35.5. The number of morpholine rings is 1. The Morgan fingerprint density at radius 3 is 3.18 bits per heavy atom. The molecule has 1 atom stereocenters. The van der Waals surface area contributed by atoms with E-state index in [4.69, 9.17) is 25.9 Å². The number of carbonyl (C=O) groups is 1. The normalized spacial score (nSPS) is 16.9. The zero-order chi connectivity index (χ0) is 19.5. The first kappa shape index (κ1) is 18.4. The van der Waals surface area contributed by atoms with Crippen LogP contribution in [0.4, 0.5) is 0 Å². The summed E-state index contributed by atoms with van der Waals surface area (Å²) < 4.78 is 10.8. The summed E-state index contributed by atoms with van der Waals surface area (Å²) in [6.07, 6.45) is 1.32. The molecular formula is C17H17ClN6O4. The number of rotatable bonds is 5. The Labute approximate surface area is 164 Å². The summed E-state index contributed by atoms with van der Waals surface area (Å²) in [6, 6.07) is 6.64. The van der Waals surface area contributed by atoms with Gasteiger partial charge >= 0.3 is 0 Å². The second-order valence-corrected chi connectivity index (χ2v) is 6.46. The van der Waals surface area contributed by atoms with Crippen molar-refractivity contribution in [3.8, 4) is 5.88 Å². The highest BCUT2D eigenvalue weighted by Gasteiger charge is 2.26. The summed E-state index contributed by atoms with van der Waals surface area (Å²) in [4.78, 5) is 29.6. The Kier molecular flexibility index (Phi) is 5.22. The molecule has 28 heavy (non-hydrogen) atoms. The van der Waals surface area contributed by atoms with Crippen LogP contribution in [0.5, 0.6) is 5.88 Å². The van der Waals surface area contributed by atoms with E-state index in [2.05, 4.69) is 20.3 Å². The molecule has 3 aromatic heterocycles. The average molecular weight is 405 g/mol. The highest BCUT2D eigenvalue weighted by molar-refractivity contribution is 6.29. The molecule has 1 aliphatic rings. The van der Waals surface area contributed by atoms with Crippen molar-refractivity contribution in [1.82, 2.24) is 30.0 Å². The molecular weight excluding hydrogens is 388 g/mol. The SMILES string of the molecule is COc1cc(C(=O)N2CCOC(COn3nnc4cccnc43)C2)cc(Cl)n1. The Morgan fingerprint density at radius 2 is 2.32 bits per heavy atom. The average Bonchev–Trinajstić information content (AvgIpc) is 3.14. The Morgan fingerprint density at radius 1 is 1.43 bits per heavy atom. The highest BCUT2D eigenvalue weighted by Crippen LogP contribution is 2.19. The van der Waals surface area contributed by atoms with Crippen LogP contribution >= 0.6 is 11.6 Å². The van der Waals surface area contributed by atoms with Crippen LogP contribution in [0.3, 0.4) is 0 Å². The van der Waals surface area contributed by atoms with Crippen LogP contribution in [0.2, 0.25) is 5.15 Å². The summed E-state index contributed by atoms with van der Waals surface area (Å²) in [7, 11) is 1.47. The molecule has 0 aliphatic carbocycles. The number of pyridine rings is 2. The van der Waals surface area contributed by atoms with Gasteiger partial charge in [-0.1, -0.05) is 16.4 Å². The fraction of sp³-hybridized carbons (Fsp3) is 0.353. The van der Waals surface area contributed by atoms with Crippen LogP contribution in [0.15, 0.2) is 30.5 Å². The lowest BCUT2D eigenvalue weighted by molar-refractivity contribution is -0.0680. The molecule has 4 heterocycles. The number of fused-ring (bicyclic) bond motifs is 1. The molecule has 146 valence electrons. The van der Waals surface area contributed by atoms with Crippen molar-refractivity contribution in [1.29, 1.82) is 0 Å². The maximum absolute atomic E-state index is 12.8. The van der Waals surface area contributed by atoms with Crippen LogP contribution in [0.1, 0.15) is 10.4 Å². The van der Waals surface area contributed by atoms with Gasteiger partial charge in [0.05, 0.1) is 20.3 Å². The molecule has 0 aromatic carbocycles. The van der Waals surface area contributed by atoms with Crippen molar-refractivity contribution in [2.24, 2.45) is 0 Å². The quantitative estimate of drug-likeness (QED) is 0.576. The van der Waals surface area contributed by atoms with E-state index < -0.39 is 0 Å². The number of amides is 1. The monoisotopic (exact) mass is 404 g/mol. The number of ether oxygens (including phenoxy) is 2. The molecule has 4 rings (SSSR count). The van der Waals surface area contributed by atoms with Crippen molar-refractivity contribution < 1.29 is 19.1 Å². The van der Waals surface area contributed by atoms with Gasteiger partial charge < -0.3 is 19.2 Å². The topological polar surface area (TPSA) is 104 Å². The zero-order valence-corrected chi connectivity index (χ0v) is 15.7. The summed E-state index contributed by atoms with van der Waals surface area (Å²) in [5.41, 5.74) is 1.56. The van der Waals surface area contributed by atoms with E-state index >= 15 is 0 Å². The maximum Gasteiger partial charge on any atom is 0.254 e. The van der Waals surface area contributed by atoms with Crippen molar-refractivity contribution in [2.75, 3.05) is 33.4 Å². The molecule has 3 aromatic rings. The molecule has 0 bridgehead atoms. The summed E-state index contributed by atoms with van der Waals surface area (Å²) in [6.45, 7) is 1.41. The molecule has 1 saturated heterocycles. The van der Waals surface area contributed by atoms with Crippen molar-refractivity contribution in [3.05, 3.63) is 41.2 Å². The van der Waals surface area contributed by atoms with Gasteiger partial charge in [-0.25, -0.2) is 9.97 Å². The minimum absolute atomic E-state index is 0.177. The smallest absolute Gasteiger partial charge is 0.254 e. The van der Waals surface area contributed by atoms with Gasteiger partial charge in [-0.15, -0.1) is 5.10 Å². The Hall–Kier alpha value is -2.98. The van der Waals surface area contributed by atoms with E-state index in [1.54, 1.807) is 29.3 Å². The van der Waals surface area contributed by atoms with Gasteiger partial charge in [-0.05, 0) is 23.4 Å². The lowest BCUT2D eigenvalue weighted by Gasteiger charge is -2.32. The lowest BCUT2D eigenvalue weighted by Crippen LogP contribution is -2.48. The Bertz CT molecular complexity index is 997. The van der Waals surface area contributed by atoms with Gasteiger partial charge in [-0.2, -0.15) is 0 Å². The molecule has 1 fully saturated rings. The number of aromatic nitrogens is 5. The molecule has 11 heteroatoms. The molecule has 0 N–H and O–H groups in total. The van der Waals surface area contributed by atoms with Crippen LogP contribution in [-0.4, -0.2) is 75.4 Å². The third-order valence-corrected chi connectivity index (χ3v) is 4.41. The first-order valence-corrected chi connectivity index (χ1v) is 8.94.